The topological polar surface area (TPSA) is 58.4 Å². The minimum atomic E-state index is -0.171. The smallest absolute Gasteiger partial charge is 0.228 e. The summed E-state index contributed by atoms with van der Waals surface area (Å²) in [6.45, 7) is 1.59. The lowest BCUT2D eigenvalue weighted by Gasteiger charge is -2.42. The van der Waals surface area contributed by atoms with Gasteiger partial charge in [0.2, 0.25) is 11.8 Å². The van der Waals surface area contributed by atoms with E-state index in [9.17, 15) is 9.59 Å². The fourth-order valence-electron chi connectivity index (χ4n) is 4.85. The van der Waals surface area contributed by atoms with Gasteiger partial charge in [0.05, 0.1) is 12.0 Å². The molecular weight excluding hydrogens is 364 g/mol. The Hall–Kier alpha value is -2.63. The van der Waals surface area contributed by atoms with Crippen LogP contribution in [-0.2, 0) is 23.1 Å². The van der Waals surface area contributed by atoms with E-state index in [1.807, 2.05) is 61.7 Å². The Morgan fingerprint density at radius 3 is 2.48 bits per heavy atom. The Kier molecular flexibility index (Phi) is 5.69. The van der Waals surface area contributed by atoms with E-state index in [0.717, 1.165) is 43.7 Å². The van der Waals surface area contributed by atoms with Crippen LogP contribution < -0.4 is 0 Å². The number of piperidine rings is 2. The number of carbonyl (C=O) groups is 2. The number of rotatable bonds is 4. The van der Waals surface area contributed by atoms with E-state index in [-0.39, 0.29) is 23.8 Å². The van der Waals surface area contributed by atoms with E-state index in [1.54, 1.807) is 4.90 Å². The lowest BCUT2D eigenvalue weighted by Crippen LogP contribution is -2.49. The fourth-order valence-corrected chi connectivity index (χ4v) is 4.85. The molecule has 6 nitrogen and oxygen atoms in total. The molecule has 0 aliphatic carbocycles. The quantitative estimate of drug-likeness (QED) is 0.801. The molecule has 2 fully saturated rings. The van der Waals surface area contributed by atoms with Crippen LogP contribution in [0.3, 0.4) is 0 Å². The van der Waals surface area contributed by atoms with Crippen LogP contribution in [0.15, 0.2) is 42.7 Å². The van der Waals surface area contributed by atoms with E-state index < -0.39 is 0 Å². The Balaban J connectivity index is 1.43. The number of likely N-dealkylation sites (tertiary alicyclic amines) is 2. The van der Waals surface area contributed by atoms with Gasteiger partial charge < -0.3 is 14.4 Å². The zero-order valence-electron chi connectivity index (χ0n) is 17.3. The second-order valence-corrected chi connectivity index (χ2v) is 8.43. The third-order valence-electron chi connectivity index (χ3n) is 6.64. The molecule has 3 heterocycles. The average molecular weight is 395 g/mol. The SMILES string of the molecule is CN1C(=O)CCC(C(=O)N2CCC(Cc3nccn3C)CC2)C1c1ccccc1. The second-order valence-electron chi connectivity index (χ2n) is 8.43. The molecule has 0 bridgehead atoms. The van der Waals surface area contributed by atoms with Gasteiger partial charge in [-0.05, 0) is 30.7 Å². The molecule has 29 heavy (non-hydrogen) atoms. The number of aromatic nitrogens is 2. The maximum atomic E-state index is 13.4. The molecule has 2 aliphatic rings. The highest BCUT2D eigenvalue weighted by molar-refractivity contribution is 5.85. The lowest BCUT2D eigenvalue weighted by atomic mass is 9.83. The molecule has 6 heteroatoms. The minimum Gasteiger partial charge on any atom is -0.342 e. The number of carbonyl (C=O) groups excluding carboxylic acids is 2. The van der Waals surface area contributed by atoms with Crippen molar-refractivity contribution < 1.29 is 9.59 Å². The number of imidazole rings is 1. The Morgan fingerprint density at radius 1 is 1.10 bits per heavy atom. The number of aryl methyl sites for hydroxylation is 1. The number of benzene rings is 1. The molecule has 0 saturated carbocycles. The number of nitrogens with zero attached hydrogens (tertiary/aromatic N) is 4. The molecule has 2 atom stereocenters. The first-order chi connectivity index (χ1) is 14.0. The van der Waals surface area contributed by atoms with E-state index in [4.69, 9.17) is 0 Å². The number of hydrogen-bond donors (Lipinski definition) is 0. The van der Waals surface area contributed by atoms with Gasteiger partial charge >= 0.3 is 0 Å². The summed E-state index contributed by atoms with van der Waals surface area (Å²) in [6.07, 6.45) is 7.91. The summed E-state index contributed by atoms with van der Waals surface area (Å²) in [5.74, 6) is 1.85. The highest BCUT2D eigenvalue weighted by Crippen LogP contribution is 2.37. The summed E-state index contributed by atoms with van der Waals surface area (Å²) in [6, 6.07) is 9.81. The lowest BCUT2D eigenvalue weighted by molar-refractivity contribution is -0.147. The third kappa shape index (κ3) is 4.07. The standard InChI is InChI=1S/C23H30N4O2/c1-25-15-12-24-20(25)16-17-10-13-27(14-11-17)23(29)19-8-9-21(28)26(2)22(19)18-6-4-3-5-7-18/h3-7,12,15,17,19,22H,8-11,13-14,16H2,1-2H3. The van der Waals surface area contributed by atoms with Crippen molar-refractivity contribution in [3.05, 3.63) is 54.1 Å². The molecule has 0 N–H and O–H groups in total. The largest absolute Gasteiger partial charge is 0.342 e. The van der Waals surface area contributed by atoms with Crippen LogP contribution in [0.2, 0.25) is 0 Å². The van der Waals surface area contributed by atoms with Gasteiger partial charge in [0.15, 0.2) is 0 Å². The maximum Gasteiger partial charge on any atom is 0.228 e. The minimum absolute atomic E-state index is 0.122. The van der Waals surface area contributed by atoms with Gasteiger partial charge in [-0.2, -0.15) is 0 Å². The normalized spacial score (nSPS) is 23.4. The van der Waals surface area contributed by atoms with Gasteiger partial charge in [-0.1, -0.05) is 30.3 Å². The second kappa shape index (κ2) is 8.39. The van der Waals surface area contributed by atoms with Gasteiger partial charge in [-0.3, -0.25) is 9.59 Å². The first-order valence-electron chi connectivity index (χ1n) is 10.6. The zero-order valence-corrected chi connectivity index (χ0v) is 17.3. The molecule has 2 unspecified atom stereocenters. The van der Waals surface area contributed by atoms with Crippen LogP contribution in [0.4, 0.5) is 0 Å². The van der Waals surface area contributed by atoms with E-state index >= 15 is 0 Å². The van der Waals surface area contributed by atoms with Crippen molar-refractivity contribution in [2.24, 2.45) is 18.9 Å². The molecule has 4 rings (SSSR count). The number of amides is 2. The maximum absolute atomic E-state index is 13.4. The van der Waals surface area contributed by atoms with Crippen molar-refractivity contribution in [1.82, 2.24) is 19.4 Å². The van der Waals surface area contributed by atoms with Crippen LogP contribution in [0.1, 0.15) is 43.1 Å². The predicted octanol–water partition coefficient (Wildman–Crippen LogP) is 2.81. The Morgan fingerprint density at radius 2 is 1.83 bits per heavy atom. The summed E-state index contributed by atoms with van der Waals surface area (Å²) in [5, 5.41) is 0. The molecule has 0 radical (unpaired) electrons. The Labute approximate surface area is 172 Å². The van der Waals surface area contributed by atoms with Crippen molar-refractivity contribution in [3.63, 3.8) is 0 Å². The summed E-state index contributed by atoms with van der Waals surface area (Å²) in [7, 11) is 3.87. The average Bonchev–Trinajstić information content (AvgIpc) is 3.15. The van der Waals surface area contributed by atoms with Crippen molar-refractivity contribution in [2.45, 2.75) is 38.1 Å². The van der Waals surface area contributed by atoms with E-state index in [1.165, 1.54) is 0 Å². The van der Waals surface area contributed by atoms with Crippen molar-refractivity contribution in [2.75, 3.05) is 20.1 Å². The number of hydrogen-bond acceptors (Lipinski definition) is 3. The summed E-state index contributed by atoms with van der Waals surface area (Å²) in [4.78, 5) is 34.0. The predicted molar refractivity (Wildman–Crippen MR) is 111 cm³/mol. The van der Waals surface area contributed by atoms with Crippen LogP contribution in [-0.4, -0.2) is 51.3 Å². The molecule has 1 aromatic carbocycles. The monoisotopic (exact) mass is 394 g/mol. The van der Waals surface area contributed by atoms with E-state index in [2.05, 4.69) is 9.55 Å². The zero-order chi connectivity index (χ0) is 20.4. The van der Waals surface area contributed by atoms with Crippen LogP contribution in [0.5, 0.6) is 0 Å². The highest BCUT2D eigenvalue weighted by atomic mass is 16.2. The first kappa shape index (κ1) is 19.7. The molecule has 2 aliphatic heterocycles. The van der Waals surface area contributed by atoms with Gasteiger partial charge in [-0.25, -0.2) is 4.98 Å². The van der Waals surface area contributed by atoms with Crippen LogP contribution in [0.25, 0.3) is 0 Å². The van der Waals surface area contributed by atoms with E-state index in [0.29, 0.717) is 18.8 Å². The van der Waals surface area contributed by atoms with Gasteiger partial charge in [0.1, 0.15) is 5.82 Å². The highest BCUT2D eigenvalue weighted by Gasteiger charge is 2.41. The third-order valence-corrected chi connectivity index (χ3v) is 6.64. The van der Waals surface area contributed by atoms with Crippen LogP contribution >= 0.6 is 0 Å². The van der Waals surface area contributed by atoms with Crippen molar-refractivity contribution in [3.8, 4) is 0 Å². The van der Waals surface area contributed by atoms with Crippen LogP contribution in [0, 0.1) is 11.8 Å². The molecule has 2 amide bonds. The van der Waals surface area contributed by atoms with Gasteiger partial charge in [0.25, 0.3) is 0 Å². The summed E-state index contributed by atoms with van der Waals surface area (Å²) < 4.78 is 2.08. The fraction of sp³-hybridized carbons (Fsp3) is 0.522. The van der Waals surface area contributed by atoms with Crippen molar-refractivity contribution >= 4 is 11.8 Å². The molecular formula is C23H30N4O2. The summed E-state index contributed by atoms with van der Waals surface area (Å²) >= 11 is 0. The van der Waals surface area contributed by atoms with Crippen molar-refractivity contribution in [1.29, 1.82) is 0 Å². The molecule has 2 saturated heterocycles. The first-order valence-corrected chi connectivity index (χ1v) is 10.6. The Bertz CT molecular complexity index is 855. The van der Waals surface area contributed by atoms with Gasteiger partial charge in [-0.15, -0.1) is 0 Å². The molecule has 2 aromatic rings. The summed E-state index contributed by atoms with van der Waals surface area (Å²) in [5.41, 5.74) is 1.05. The molecule has 154 valence electrons. The van der Waals surface area contributed by atoms with Gasteiger partial charge in [0, 0.05) is 52.4 Å². The molecule has 1 aromatic heterocycles. The molecule has 0 spiro atoms.